The number of fused-ring (bicyclic) bond motifs is 6. The Morgan fingerprint density at radius 3 is 1.23 bits per heavy atom. The maximum Gasteiger partial charge on any atom is 0.160 e. The molecule has 0 aliphatic carbocycles. The zero-order chi connectivity index (χ0) is 39.8. The topological polar surface area (TPSA) is 25.8 Å². The van der Waals surface area contributed by atoms with Gasteiger partial charge in [0.15, 0.2) is 5.82 Å². The third-order valence-electron chi connectivity index (χ3n) is 11.7. The van der Waals surface area contributed by atoms with Crippen molar-refractivity contribution in [3.63, 3.8) is 0 Å². The molecule has 0 aliphatic heterocycles. The van der Waals surface area contributed by atoms with Crippen LogP contribution in [0.3, 0.4) is 0 Å². The molecule has 1 heterocycles. The highest BCUT2D eigenvalue weighted by molar-refractivity contribution is 6.25. The molecule has 2 nitrogen and oxygen atoms in total. The van der Waals surface area contributed by atoms with Crippen LogP contribution in [-0.2, 0) is 0 Å². The summed E-state index contributed by atoms with van der Waals surface area (Å²) >= 11 is 0. The normalized spacial score (nSPS) is 11.3. The van der Waals surface area contributed by atoms with Crippen molar-refractivity contribution in [1.82, 2.24) is 9.97 Å². The van der Waals surface area contributed by atoms with E-state index in [1.54, 1.807) is 0 Å². The molecule has 11 rings (SSSR count). The number of nitrogens with zero attached hydrogens (tertiary/aromatic N) is 2. The first kappa shape index (κ1) is 35.2. The van der Waals surface area contributed by atoms with Crippen molar-refractivity contribution >= 4 is 32.3 Å². The lowest BCUT2D eigenvalue weighted by Gasteiger charge is -2.15. The lowest BCUT2D eigenvalue weighted by molar-refractivity contribution is 1.18. The molecule has 280 valence electrons. The summed E-state index contributed by atoms with van der Waals surface area (Å²) in [4.78, 5) is 10.6. The molecule has 0 bridgehead atoms. The van der Waals surface area contributed by atoms with Gasteiger partial charge in [0.25, 0.3) is 0 Å². The molecular formula is C58H38N2. The molecule has 0 N–H and O–H groups in total. The lowest BCUT2D eigenvalue weighted by atomic mass is 9.91. The zero-order valence-electron chi connectivity index (χ0n) is 32.8. The number of benzene rings is 10. The molecule has 0 fully saturated rings. The Bertz CT molecular complexity index is 3230. The van der Waals surface area contributed by atoms with Crippen LogP contribution in [0.15, 0.2) is 231 Å². The molecule has 0 saturated heterocycles. The summed E-state index contributed by atoms with van der Waals surface area (Å²) in [5.41, 5.74) is 14.0. The van der Waals surface area contributed by atoms with E-state index in [4.69, 9.17) is 9.97 Å². The maximum absolute atomic E-state index is 5.36. The van der Waals surface area contributed by atoms with Crippen molar-refractivity contribution in [3.8, 4) is 78.4 Å². The number of aromatic nitrogens is 2. The van der Waals surface area contributed by atoms with E-state index in [0.29, 0.717) is 5.82 Å². The van der Waals surface area contributed by atoms with Crippen LogP contribution >= 0.6 is 0 Å². The Labute approximate surface area is 349 Å². The van der Waals surface area contributed by atoms with E-state index in [9.17, 15) is 0 Å². The van der Waals surface area contributed by atoms with Gasteiger partial charge in [0, 0.05) is 16.7 Å². The van der Waals surface area contributed by atoms with Gasteiger partial charge in [0.1, 0.15) is 0 Å². The Morgan fingerprint density at radius 1 is 0.200 bits per heavy atom. The van der Waals surface area contributed by atoms with Gasteiger partial charge in [-0.15, -0.1) is 0 Å². The predicted octanol–water partition coefficient (Wildman–Crippen LogP) is 15.6. The number of hydrogen-bond donors (Lipinski definition) is 0. The van der Waals surface area contributed by atoms with Gasteiger partial charge >= 0.3 is 0 Å². The second-order valence-electron chi connectivity index (χ2n) is 15.3. The van der Waals surface area contributed by atoms with Gasteiger partial charge in [-0.25, -0.2) is 9.97 Å². The SMILES string of the molecule is c1ccc(-c2cccc(-c3cc(-c4ccccc4-c4cccc(-c5ccc6c7ccccc7c7ccccc7c6c5)c4)nc(-c4cccc(-c5ccccc5)c4)n3)c2)cc1. The summed E-state index contributed by atoms with van der Waals surface area (Å²) in [7, 11) is 0. The van der Waals surface area contributed by atoms with Gasteiger partial charge in [-0.1, -0.05) is 200 Å². The third kappa shape index (κ3) is 6.51. The van der Waals surface area contributed by atoms with E-state index in [1.807, 2.05) is 6.07 Å². The van der Waals surface area contributed by atoms with E-state index in [1.165, 1.54) is 49.0 Å². The van der Waals surface area contributed by atoms with Crippen molar-refractivity contribution in [2.75, 3.05) is 0 Å². The average molecular weight is 763 g/mol. The first-order valence-electron chi connectivity index (χ1n) is 20.5. The van der Waals surface area contributed by atoms with E-state index in [0.717, 1.165) is 55.9 Å². The van der Waals surface area contributed by atoms with Gasteiger partial charge in [-0.2, -0.15) is 0 Å². The maximum atomic E-state index is 5.36. The highest BCUT2D eigenvalue weighted by Crippen LogP contribution is 2.40. The van der Waals surface area contributed by atoms with Crippen LogP contribution in [0.1, 0.15) is 0 Å². The van der Waals surface area contributed by atoms with Gasteiger partial charge in [0.05, 0.1) is 11.4 Å². The highest BCUT2D eigenvalue weighted by atomic mass is 14.9. The summed E-state index contributed by atoms with van der Waals surface area (Å²) in [6.45, 7) is 0. The fourth-order valence-electron chi connectivity index (χ4n) is 8.73. The van der Waals surface area contributed by atoms with Crippen LogP contribution in [-0.4, -0.2) is 9.97 Å². The Kier molecular flexibility index (Phi) is 8.87. The van der Waals surface area contributed by atoms with Crippen molar-refractivity contribution in [2.45, 2.75) is 0 Å². The smallest absolute Gasteiger partial charge is 0.160 e. The minimum absolute atomic E-state index is 0.685. The summed E-state index contributed by atoms with van der Waals surface area (Å²) in [6.07, 6.45) is 0. The van der Waals surface area contributed by atoms with Crippen LogP contribution in [0.2, 0.25) is 0 Å². The van der Waals surface area contributed by atoms with Crippen LogP contribution in [0.4, 0.5) is 0 Å². The Morgan fingerprint density at radius 2 is 0.600 bits per heavy atom. The summed E-state index contributed by atoms with van der Waals surface area (Å²) in [6, 6.07) is 82.4. The van der Waals surface area contributed by atoms with Crippen LogP contribution in [0, 0.1) is 0 Å². The van der Waals surface area contributed by atoms with E-state index in [-0.39, 0.29) is 0 Å². The molecule has 0 aliphatic rings. The Balaban J connectivity index is 1.05. The highest BCUT2D eigenvalue weighted by Gasteiger charge is 2.16. The van der Waals surface area contributed by atoms with E-state index >= 15 is 0 Å². The quantitative estimate of drug-likeness (QED) is 0.151. The van der Waals surface area contributed by atoms with Gasteiger partial charge < -0.3 is 0 Å². The molecule has 0 atom stereocenters. The molecule has 11 aromatic rings. The molecule has 60 heavy (non-hydrogen) atoms. The van der Waals surface area contributed by atoms with Crippen LogP contribution in [0.5, 0.6) is 0 Å². The molecule has 0 spiro atoms. The number of hydrogen-bond acceptors (Lipinski definition) is 2. The third-order valence-corrected chi connectivity index (χ3v) is 11.7. The van der Waals surface area contributed by atoms with Gasteiger partial charge in [-0.3, -0.25) is 0 Å². The largest absolute Gasteiger partial charge is 0.228 e. The van der Waals surface area contributed by atoms with Gasteiger partial charge in [0.2, 0.25) is 0 Å². The van der Waals surface area contributed by atoms with Crippen LogP contribution in [0.25, 0.3) is 111 Å². The van der Waals surface area contributed by atoms with Crippen LogP contribution < -0.4 is 0 Å². The molecular weight excluding hydrogens is 725 g/mol. The summed E-state index contributed by atoms with van der Waals surface area (Å²) in [5.74, 6) is 0.685. The molecule has 0 unspecified atom stereocenters. The van der Waals surface area contributed by atoms with Crippen molar-refractivity contribution < 1.29 is 0 Å². The standard InChI is InChI=1S/C58H38N2/c1-3-16-39(17-4-1)41-20-14-24-46(35-41)56-38-57(60-58(59-56)47-25-15-21-42(36-47)40-18-5-2-6-19-40)54-31-12-7-26-48(54)45-23-13-22-43(34-45)44-32-33-53-51-29-9-8-27-49(51)50-28-10-11-30-52(50)55(53)37-44/h1-38H. The fourth-order valence-corrected chi connectivity index (χ4v) is 8.73. The fraction of sp³-hybridized carbons (Fsp3) is 0. The first-order valence-corrected chi connectivity index (χ1v) is 20.5. The van der Waals surface area contributed by atoms with Gasteiger partial charge in [-0.05, 0) is 107 Å². The molecule has 2 heteroatoms. The minimum Gasteiger partial charge on any atom is -0.228 e. The van der Waals surface area contributed by atoms with E-state index in [2.05, 4.69) is 224 Å². The lowest BCUT2D eigenvalue weighted by Crippen LogP contribution is -1.97. The van der Waals surface area contributed by atoms with E-state index < -0.39 is 0 Å². The van der Waals surface area contributed by atoms with Crippen molar-refractivity contribution in [3.05, 3.63) is 231 Å². The monoisotopic (exact) mass is 762 g/mol. The van der Waals surface area contributed by atoms with Crippen molar-refractivity contribution in [2.24, 2.45) is 0 Å². The summed E-state index contributed by atoms with van der Waals surface area (Å²) < 4.78 is 0. The molecule has 1 aromatic heterocycles. The molecule has 0 amide bonds. The summed E-state index contributed by atoms with van der Waals surface area (Å²) in [5, 5.41) is 7.66. The first-order chi connectivity index (χ1) is 29.7. The molecule has 0 radical (unpaired) electrons. The second-order valence-corrected chi connectivity index (χ2v) is 15.3. The Hall–Kier alpha value is -7.94. The average Bonchev–Trinajstić information content (AvgIpc) is 3.34. The van der Waals surface area contributed by atoms with Crippen molar-refractivity contribution in [1.29, 1.82) is 0 Å². The minimum atomic E-state index is 0.685. The predicted molar refractivity (Wildman–Crippen MR) is 253 cm³/mol. The molecule has 0 saturated carbocycles. The number of rotatable bonds is 7. The zero-order valence-corrected chi connectivity index (χ0v) is 32.8. The molecule has 10 aromatic carbocycles. The second kappa shape index (κ2) is 15.1.